The normalized spacial score (nSPS) is 22.6. The van der Waals surface area contributed by atoms with E-state index in [-0.39, 0.29) is 5.97 Å². The van der Waals surface area contributed by atoms with Crippen molar-refractivity contribution in [3.8, 4) is 0 Å². The van der Waals surface area contributed by atoms with E-state index in [0.29, 0.717) is 31.8 Å². The van der Waals surface area contributed by atoms with Crippen molar-refractivity contribution in [3.63, 3.8) is 0 Å². The zero-order chi connectivity index (χ0) is 18.4. The maximum Gasteiger partial charge on any atom is 0.338 e. The largest absolute Gasteiger partial charge is 0.455 e. The molecule has 0 N–H and O–H groups in total. The first-order chi connectivity index (χ1) is 12.6. The number of carbonyl (C=O) groups is 1. The highest BCUT2D eigenvalue weighted by atomic mass is 16.6. The van der Waals surface area contributed by atoms with Crippen molar-refractivity contribution in [3.05, 3.63) is 83.9 Å². The molecular formula is C22H24O4. The lowest BCUT2D eigenvalue weighted by Gasteiger charge is -2.43. The number of ether oxygens (including phenoxy) is 3. The van der Waals surface area contributed by atoms with Crippen LogP contribution in [0.4, 0.5) is 0 Å². The van der Waals surface area contributed by atoms with Crippen molar-refractivity contribution < 1.29 is 19.0 Å². The first kappa shape index (κ1) is 18.4. The summed E-state index contributed by atoms with van der Waals surface area (Å²) in [7, 11) is 0. The molecule has 4 heteroatoms. The average molecular weight is 352 g/mol. The molecule has 1 saturated heterocycles. The summed E-state index contributed by atoms with van der Waals surface area (Å²) in [5, 5.41) is 0. The number of carbonyl (C=O) groups excluding carboxylic acids is 1. The first-order valence-corrected chi connectivity index (χ1v) is 8.79. The van der Waals surface area contributed by atoms with Gasteiger partial charge >= 0.3 is 5.97 Å². The van der Waals surface area contributed by atoms with E-state index in [2.05, 4.69) is 6.58 Å². The Morgan fingerprint density at radius 2 is 1.81 bits per heavy atom. The van der Waals surface area contributed by atoms with E-state index >= 15 is 0 Å². The average Bonchev–Trinajstić information content (AvgIpc) is 2.68. The minimum absolute atomic E-state index is 0.321. The Hall–Kier alpha value is -2.43. The highest BCUT2D eigenvalue weighted by Crippen LogP contribution is 2.34. The van der Waals surface area contributed by atoms with Crippen LogP contribution in [0, 0.1) is 0 Å². The van der Waals surface area contributed by atoms with Gasteiger partial charge in [0.2, 0.25) is 0 Å². The molecule has 2 atom stereocenters. The van der Waals surface area contributed by atoms with Gasteiger partial charge in [-0.2, -0.15) is 0 Å². The zero-order valence-corrected chi connectivity index (χ0v) is 15.0. The Morgan fingerprint density at radius 1 is 1.15 bits per heavy atom. The second-order valence-electron chi connectivity index (χ2n) is 6.55. The Kier molecular flexibility index (Phi) is 5.86. The van der Waals surface area contributed by atoms with Gasteiger partial charge in [-0.1, -0.05) is 55.1 Å². The second-order valence-corrected chi connectivity index (χ2v) is 6.55. The van der Waals surface area contributed by atoms with E-state index in [1.807, 2.05) is 55.5 Å². The van der Waals surface area contributed by atoms with Gasteiger partial charge in [0.1, 0.15) is 11.7 Å². The third-order valence-electron chi connectivity index (χ3n) is 4.68. The highest BCUT2D eigenvalue weighted by Gasteiger charge is 2.46. The van der Waals surface area contributed by atoms with E-state index in [1.54, 1.807) is 12.1 Å². The molecule has 2 aromatic rings. The maximum absolute atomic E-state index is 12.5. The molecular weight excluding hydrogens is 328 g/mol. The van der Waals surface area contributed by atoms with E-state index < -0.39 is 11.7 Å². The Labute approximate surface area is 154 Å². The lowest BCUT2D eigenvalue weighted by Crippen LogP contribution is -2.55. The summed E-state index contributed by atoms with van der Waals surface area (Å²) in [6, 6.07) is 18.9. The predicted octanol–water partition coefficient (Wildman–Crippen LogP) is 4.16. The Morgan fingerprint density at radius 3 is 2.46 bits per heavy atom. The Balaban J connectivity index is 1.78. The SMILES string of the molecule is C=C(C)C1(OCc2ccccc2)COCCC1OC(=O)c1ccccc1. The summed E-state index contributed by atoms with van der Waals surface area (Å²) in [6.45, 7) is 7.23. The summed E-state index contributed by atoms with van der Waals surface area (Å²) < 4.78 is 17.8. The monoisotopic (exact) mass is 352 g/mol. The van der Waals surface area contributed by atoms with E-state index in [4.69, 9.17) is 14.2 Å². The molecule has 0 bridgehead atoms. The molecule has 1 aliphatic heterocycles. The van der Waals surface area contributed by atoms with Crippen LogP contribution in [0.5, 0.6) is 0 Å². The number of rotatable bonds is 6. The topological polar surface area (TPSA) is 44.8 Å². The van der Waals surface area contributed by atoms with Crippen molar-refractivity contribution in [2.45, 2.75) is 31.7 Å². The van der Waals surface area contributed by atoms with Gasteiger partial charge in [-0.05, 0) is 30.2 Å². The minimum atomic E-state index is -0.849. The summed E-state index contributed by atoms with van der Waals surface area (Å²) in [5.41, 5.74) is 1.52. The summed E-state index contributed by atoms with van der Waals surface area (Å²) in [4.78, 5) is 12.5. The van der Waals surface area contributed by atoms with Crippen molar-refractivity contribution in [2.75, 3.05) is 13.2 Å². The van der Waals surface area contributed by atoms with Gasteiger partial charge in [0.15, 0.2) is 0 Å². The van der Waals surface area contributed by atoms with Gasteiger partial charge in [0.05, 0.1) is 25.4 Å². The maximum atomic E-state index is 12.5. The molecule has 26 heavy (non-hydrogen) atoms. The van der Waals surface area contributed by atoms with Gasteiger partial charge in [0.25, 0.3) is 0 Å². The van der Waals surface area contributed by atoms with E-state index in [9.17, 15) is 4.79 Å². The highest BCUT2D eigenvalue weighted by molar-refractivity contribution is 5.89. The molecule has 4 nitrogen and oxygen atoms in total. The molecule has 0 spiro atoms. The van der Waals surface area contributed by atoms with E-state index in [1.165, 1.54) is 0 Å². The minimum Gasteiger partial charge on any atom is -0.455 e. The van der Waals surface area contributed by atoms with Crippen LogP contribution in [0.15, 0.2) is 72.8 Å². The van der Waals surface area contributed by atoms with Gasteiger partial charge in [-0.25, -0.2) is 4.79 Å². The van der Waals surface area contributed by atoms with Crippen LogP contribution < -0.4 is 0 Å². The van der Waals surface area contributed by atoms with Crippen LogP contribution in [0.1, 0.15) is 29.3 Å². The van der Waals surface area contributed by atoms with Crippen LogP contribution in [0.2, 0.25) is 0 Å². The fraction of sp³-hybridized carbons (Fsp3) is 0.318. The fourth-order valence-corrected chi connectivity index (χ4v) is 3.11. The number of esters is 1. The van der Waals surface area contributed by atoms with Crippen molar-refractivity contribution in [1.29, 1.82) is 0 Å². The molecule has 0 aliphatic carbocycles. The van der Waals surface area contributed by atoms with Gasteiger partial charge in [-0.15, -0.1) is 0 Å². The summed E-state index contributed by atoms with van der Waals surface area (Å²) >= 11 is 0. The molecule has 1 heterocycles. The molecule has 3 rings (SSSR count). The molecule has 0 aromatic heterocycles. The number of benzene rings is 2. The predicted molar refractivity (Wildman–Crippen MR) is 99.9 cm³/mol. The summed E-state index contributed by atoms with van der Waals surface area (Å²) in [5.74, 6) is -0.355. The zero-order valence-electron chi connectivity index (χ0n) is 15.0. The van der Waals surface area contributed by atoms with Crippen molar-refractivity contribution in [1.82, 2.24) is 0 Å². The molecule has 1 fully saturated rings. The quantitative estimate of drug-likeness (QED) is 0.578. The molecule has 2 unspecified atom stereocenters. The number of hydrogen-bond donors (Lipinski definition) is 0. The third-order valence-corrected chi connectivity index (χ3v) is 4.68. The van der Waals surface area contributed by atoms with Crippen LogP contribution in [0.3, 0.4) is 0 Å². The molecule has 136 valence electrons. The van der Waals surface area contributed by atoms with E-state index in [0.717, 1.165) is 11.1 Å². The van der Waals surface area contributed by atoms with Gasteiger partial charge in [-0.3, -0.25) is 0 Å². The van der Waals surface area contributed by atoms with Gasteiger partial charge < -0.3 is 14.2 Å². The number of hydrogen-bond acceptors (Lipinski definition) is 4. The Bertz CT molecular complexity index is 741. The van der Waals surface area contributed by atoms with Crippen molar-refractivity contribution >= 4 is 5.97 Å². The van der Waals surface area contributed by atoms with Gasteiger partial charge in [0, 0.05) is 6.42 Å². The van der Waals surface area contributed by atoms with Crippen LogP contribution >= 0.6 is 0 Å². The lowest BCUT2D eigenvalue weighted by molar-refractivity contribution is -0.176. The third kappa shape index (κ3) is 4.03. The molecule has 0 radical (unpaired) electrons. The summed E-state index contributed by atoms with van der Waals surface area (Å²) in [6.07, 6.45) is 0.130. The molecule has 1 aliphatic rings. The molecule has 2 aromatic carbocycles. The first-order valence-electron chi connectivity index (χ1n) is 8.79. The lowest BCUT2D eigenvalue weighted by atomic mass is 9.86. The fourth-order valence-electron chi connectivity index (χ4n) is 3.11. The molecule has 0 amide bonds. The van der Waals surface area contributed by atoms with Crippen LogP contribution in [-0.4, -0.2) is 30.9 Å². The van der Waals surface area contributed by atoms with Crippen molar-refractivity contribution in [2.24, 2.45) is 0 Å². The van der Waals surface area contributed by atoms with Crippen LogP contribution in [0.25, 0.3) is 0 Å². The standard InChI is InChI=1S/C22H24O4/c1-17(2)22(25-15-18-9-5-3-6-10-18)16-24-14-13-20(22)26-21(23)19-11-7-4-8-12-19/h3-12,20H,1,13-16H2,2H3. The smallest absolute Gasteiger partial charge is 0.338 e. The second kappa shape index (κ2) is 8.30. The van der Waals surface area contributed by atoms with Crippen LogP contribution in [-0.2, 0) is 20.8 Å². The molecule has 0 saturated carbocycles.